The summed E-state index contributed by atoms with van der Waals surface area (Å²) >= 11 is 0. The standard InChI is InChI=1S/C20H23FN4/c1-15(17-7-3-2-4-8-17)24-19-11-13-23-20(22,25-19)12-10-16-6-5-9-18(21)14-16/h2-9,11,13-15,24-25H,10,12,22H2,1H3. The molecule has 4 N–H and O–H groups in total. The summed E-state index contributed by atoms with van der Waals surface area (Å²) in [5.74, 6) is -0.310. The van der Waals surface area contributed by atoms with Crippen molar-refractivity contribution < 1.29 is 4.39 Å². The largest absolute Gasteiger partial charge is 0.365 e. The van der Waals surface area contributed by atoms with Crippen LogP contribution in [-0.2, 0) is 6.42 Å². The molecule has 0 fully saturated rings. The minimum atomic E-state index is -0.903. The number of aryl methyl sites for hydroxylation is 1. The fourth-order valence-corrected chi connectivity index (χ4v) is 2.85. The SMILES string of the molecule is CC(NC1=CC=NC(N)(CCc2cccc(F)c2)N1)c1ccccc1. The normalized spacial score (nSPS) is 20.5. The fraction of sp³-hybridized carbons (Fsp3) is 0.250. The van der Waals surface area contributed by atoms with E-state index in [1.165, 1.54) is 17.7 Å². The average Bonchev–Trinajstić information content (AvgIpc) is 2.61. The molecule has 0 radical (unpaired) electrons. The first-order chi connectivity index (χ1) is 12.0. The van der Waals surface area contributed by atoms with Gasteiger partial charge in [-0.15, -0.1) is 0 Å². The molecular formula is C20H23FN4. The lowest BCUT2D eigenvalue weighted by molar-refractivity contribution is 0.338. The lowest BCUT2D eigenvalue weighted by atomic mass is 10.1. The zero-order chi connectivity index (χ0) is 17.7. The van der Waals surface area contributed by atoms with Crippen LogP contribution in [0.1, 0.15) is 30.5 Å². The minimum Gasteiger partial charge on any atom is -0.365 e. The van der Waals surface area contributed by atoms with Crippen LogP contribution in [0.5, 0.6) is 0 Å². The van der Waals surface area contributed by atoms with E-state index in [0.29, 0.717) is 12.8 Å². The predicted molar refractivity (Wildman–Crippen MR) is 99.3 cm³/mol. The van der Waals surface area contributed by atoms with Crippen molar-refractivity contribution >= 4 is 6.21 Å². The van der Waals surface area contributed by atoms with Gasteiger partial charge in [0.25, 0.3) is 0 Å². The second-order valence-electron chi connectivity index (χ2n) is 6.31. The number of allylic oxidation sites excluding steroid dienone is 1. The van der Waals surface area contributed by atoms with Crippen molar-refractivity contribution in [1.82, 2.24) is 10.6 Å². The van der Waals surface area contributed by atoms with Gasteiger partial charge in [0.1, 0.15) is 11.6 Å². The van der Waals surface area contributed by atoms with Crippen LogP contribution < -0.4 is 16.4 Å². The Kier molecular flexibility index (Phi) is 5.14. The molecule has 0 bridgehead atoms. The second-order valence-corrected chi connectivity index (χ2v) is 6.31. The van der Waals surface area contributed by atoms with Gasteiger partial charge in [-0.3, -0.25) is 10.7 Å². The van der Waals surface area contributed by atoms with Crippen LogP contribution in [0.3, 0.4) is 0 Å². The van der Waals surface area contributed by atoms with Crippen LogP contribution in [0.25, 0.3) is 0 Å². The first-order valence-electron chi connectivity index (χ1n) is 8.43. The monoisotopic (exact) mass is 338 g/mol. The van der Waals surface area contributed by atoms with Crippen LogP contribution in [0.2, 0.25) is 0 Å². The van der Waals surface area contributed by atoms with E-state index < -0.39 is 5.79 Å². The molecule has 0 saturated carbocycles. The Morgan fingerprint density at radius 1 is 1.20 bits per heavy atom. The van der Waals surface area contributed by atoms with Gasteiger partial charge in [0.05, 0.1) is 0 Å². The predicted octanol–water partition coefficient (Wildman–Crippen LogP) is 3.24. The van der Waals surface area contributed by atoms with Gasteiger partial charge in [0.15, 0.2) is 5.79 Å². The van der Waals surface area contributed by atoms with Gasteiger partial charge in [0, 0.05) is 18.7 Å². The molecule has 3 rings (SSSR count). The van der Waals surface area contributed by atoms with E-state index in [2.05, 4.69) is 34.7 Å². The Morgan fingerprint density at radius 2 is 2.00 bits per heavy atom. The highest BCUT2D eigenvalue weighted by atomic mass is 19.1. The highest BCUT2D eigenvalue weighted by Gasteiger charge is 2.26. The molecular weight excluding hydrogens is 315 g/mol. The molecule has 2 aromatic carbocycles. The molecule has 2 atom stereocenters. The Bertz CT molecular complexity index is 772. The molecule has 2 unspecified atom stereocenters. The summed E-state index contributed by atoms with van der Waals surface area (Å²) in [6.07, 6.45) is 4.78. The number of nitrogens with zero attached hydrogens (tertiary/aromatic N) is 1. The third kappa shape index (κ3) is 4.67. The van der Waals surface area contributed by atoms with Gasteiger partial charge in [0.2, 0.25) is 0 Å². The van der Waals surface area contributed by atoms with Gasteiger partial charge in [-0.25, -0.2) is 4.39 Å². The number of aliphatic imine (C=N–C) groups is 1. The third-order valence-electron chi connectivity index (χ3n) is 4.25. The quantitative estimate of drug-likeness (QED) is 0.758. The number of rotatable bonds is 6. The first-order valence-corrected chi connectivity index (χ1v) is 8.43. The van der Waals surface area contributed by atoms with Crippen molar-refractivity contribution in [2.45, 2.75) is 31.6 Å². The van der Waals surface area contributed by atoms with Crippen molar-refractivity contribution in [3.8, 4) is 0 Å². The Balaban J connectivity index is 1.60. The van der Waals surface area contributed by atoms with Gasteiger partial charge in [-0.1, -0.05) is 42.5 Å². The summed E-state index contributed by atoms with van der Waals surface area (Å²) in [6.45, 7) is 2.09. The van der Waals surface area contributed by atoms with E-state index in [1.54, 1.807) is 12.3 Å². The Morgan fingerprint density at radius 3 is 2.76 bits per heavy atom. The summed E-state index contributed by atoms with van der Waals surface area (Å²) in [5.41, 5.74) is 8.46. The van der Waals surface area contributed by atoms with E-state index in [-0.39, 0.29) is 11.9 Å². The maximum Gasteiger partial charge on any atom is 0.183 e. The first kappa shape index (κ1) is 17.2. The van der Waals surface area contributed by atoms with E-state index in [1.807, 2.05) is 30.3 Å². The zero-order valence-corrected chi connectivity index (χ0v) is 14.2. The highest BCUT2D eigenvalue weighted by molar-refractivity contribution is 5.73. The second kappa shape index (κ2) is 7.49. The molecule has 1 heterocycles. The fourth-order valence-electron chi connectivity index (χ4n) is 2.85. The van der Waals surface area contributed by atoms with Crippen molar-refractivity contribution in [2.24, 2.45) is 10.7 Å². The number of hydrogen-bond donors (Lipinski definition) is 3. The van der Waals surface area contributed by atoms with Crippen LogP contribution in [0.15, 0.2) is 71.5 Å². The van der Waals surface area contributed by atoms with Crippen LogP contribution in [-0.4, -0.2) is 12.0 Å². The zero-order valence-electron chi connectivity index (χ0n) is 14.2. The topological polar surface area (TPSA) is 62.4 Å². The number of nitrogens with one attached hydrogen (secondary N) is 2. The third-order valence-corrected chi connectivity index (χ3v) is 4.25. The molecule has 0 spiro atoms. The van der Waals surface area contributed by atoms with E-state index in [0.717, 1.165) is 11.4 Å². The van der Waals surface area contributed by atoms with Gasteiger partial charge in [-0.05, 0) is 42.7 Å². The number of benzene rings is 2. The van der Waals surface area contributed by atoms with Crippen molar-refractivity contribution in [3.63, 3.8) is 0 Å². The summed E-state index contributed by atoms with van der Waals surface area (Å²) in [4.78, 5) is 4.36. The summed E-state index contributed by atoms with van der Waals surface area (Å²) in [6, 6.07) is 16.9. The van der Waals surface area contributed by atoms with E-state index >= 15 is 0 Å². The molecule has 1 aliphatic heterocycles. The smallest absolute Gasteiger partial charge is 0.183 e. The van der Waals surface area contributed by atoms with E-state index in [4.69, 9.17) is 5.73 Å². The average molecular weight is 338 g/mol. The summed E-state index contributed by atoms with van der Waals surface area (Å²) < 4.78 is 13.3. The molecule has 25 heavy (non-hydrogen) atoms. The van der Waals surface area contributed by atoms with Crippen LogP contribution in [0, 0.1) is 5.82 Å². The minimum absolute atomic E-state index is 0.138. The molecule has 130 valence electrons. The summed E-state index contributed by atoms with van der Waals surface area (Å²) in [7, 11) is 0. The highest BCUT2D eigenvalue weighted by Crippen LogP contribution is 2.18. The van der Waals surface area contributed by atoms with Gasteiger partial charge in [-0.2, -0.15) is 0 Å². The molecule has 0 aromatic heterocycles. The van der Waals surface area contributed by atoms with Crippen LogP contribution >= 0.6 is 0 Å². The molecule has 0 aliphatic carbocycles. The van der Waals surface area contributed by atoms with Crippen molar-refractivity contribution in [1.29, 1.82) is 0 Å². The van der Waals surface area contributed by atoms with Crippen molar-refractivity contribution in [3.05, 3.63) is 83.4 Å². The van der Waals surface area contributed by atoms with Crippen molar-refractivity contribution in [2.75, 3.05) is 0 Å². The maximum absolute atomic E-state index is 13.3. The molecule has 1 aliphatic rings. The summed E-state index contributed by atoms with van der Waals surface area (Å²) in [5, 5.41) is 6.67. The number of hydrogen-bond acceptors (Lipinski definition) is 4. The maximum atomic E-state index is 13.3. The molecule has 0 amide bonds. The Hall–Kier alpha value is -2.66. The Labute approximate surface area is 147 Å². The molecule has 4 nitrogen and oxygen atoms in total. The lowest BCUT2D eigenvalue weighted by Gasteiger charge is -2.32. The van der Waals surface area contributed by atoms with E-state index in [9.17, 15) is 4.39 Å². The number of halogens is 1. The molecule has 0 saturated heterocycles. The number of nitrogens with two attached hydrogens (primary N) is 1. The molecule has 2 aromatic rings. The van der Waals surface area contributed by atoms with Gasteiger partial charge < -0.3 is 10.6 Å². The van der Waals surface area contributed by atoms with Crippen LogP contribution in [0.4, 0.5) is 4.39 Å². The lowest BCUT2D eigenvalue weighted by Crippen LogP contribution is -2.55. The molecule has 5 heteroatoms. The van der Waals surface area contributed by atoms with Gasteiger partial charge >= 0.3 is 0 Å².